The number of halogens is 1. The van der Waals surface area contributed by atoms with Crippen molar-refractivity contribution in [2.24, 2.45) is 0 Å². The SMILES string of the molecule is COc1ccc2c(c1OC)CN1C(=C2)c2cc(O)c(O)cc2CC1CC(=O)O.Cl. The van der Waals surface area contributed by atoms with Gasteiger partial charge < -0.3 is 29.7 Å². The number of carboxylic acid groups (broad SMARTS) is 1. The van der Waals surface area contributed by atoms with Crippen LogP contribution in [0.4, 0.5) is 0 Å². The Morgan fingerprint density at radius 1 is 1.17 bits per heavy atom. The molecule has 0 aromatic heterocycles. The molecule has 8 heteroatoms. The van der Waals surface area contributed by atoms with Crippen LogP contribution < -0.4 is 9.47 Å². The Kier molecular flexibility index (Phi) is 5.53. The standard InChI is InChI=1S/C21H21NO6.ClH/c1-27-19-4-3-11-6-16-14-9-18(24)17(23)7-12(14)5-13(8-20(25)26)22(16)10-15(11)21(19)28-2;/h3-4,6-7,9,13,23-24H,5,8,10H2,1-2H3,(H,25,26);1H. The maximum Gasteiger partial charge on any atom is 0.305 e. The molecule has 29 heavy (non-hydrogen) atoms. The number of aliphatic carboxylic acids is 1. The lowest BCUT2D eigenvalue weighted by atomic mass is 9.85. The van der Waals surface area contributed by atoms with Gasteiger partial charge in [-0.1, -0.05) is 6.07 Å². The first kappa shape index (κ1) is 20.7. The third kappa shape index (κ3) is 3.42. The fourth-order valence-corrected chi connectivity index (χ4v) is 4.12. The van der Waals surface area contributed by atoms with Crippen LogP contribution in [0, 0.1) is 0 Å². The molecule has 2 aromatic carbocycles. The molecule has 0 radical (unpaired) electrons. The minimum absolute atomic E-state index is 0. The van der Waals surface area contributed by atoms with Gasteiger partial charge in [-0.2, -0.15) is 0 Å². The quantitative estimate of drug-likeness (QED) is 0.654. The number of nitrogens with zero attached hydrogens (tertiary/aromatic N) is 1. The Morgan fingerprint density at radius 2 is 1.90 bits per heavy atom. The van der Waals surface area contributed by atoms with Crippen LogP contribution in [-0.4, -0.2) is 46.5 Å². The van der Waals surface area contributed by atoms with Gasteiger partial charge in [0.15, 0.2) is 23.0 Å². The third-order valence-corrected chi connectivity index (χ3v) is 5.40. The number of phenolic OH excluding ortho intramolecular Hbond substituents is 2. The molecule has 0 spiro atoms. The van der Waals surface area contributed by atoms with E-state index in [0.29, 0.717) is 24.5 Å². The van der Waals surface area contributed by atoms with Crippen molar-refractivity contribution < 1.29 is 29.6 Å². The topological polar surface area (TPSA) is 99.5 Å². The zero-order valence-electron chi connectivity index (χ0n) is 16.0. The molecule has 0 amide bonds. The smallest absolute Gasteiger partial charge is 0.305 e. The highest BCUT2D eigenvalue weighted by atomic mass is 35.5. The van der Waals surface area contributed by atoms with Crippen molar-refractivity contribution >= 4 is 30.1 Å². The van der Waals surface area contributed by atoms with Gasteiger partial charge in [-0.15, -0.1) is 12.4 Å². The molecule has 4 rings (SSSR count). The normalized spacial score (nSPS) is 16.6. The second kappa shape index (κ2) is 7.75. The maximum atomic E-state index is 11.5. The molecular weight excluding hydrogens is 398 g/mol. The Morgan fingerprint density at radius 3 is 2.55 bits per heavy atom. The molecule has 2 heterocycles. The average molecular weight is 420 g/mol. The van der Waals surface area contributed by atoms with E-state index in [1.54, 1.807) is 14.2 Å². The summed E-state index contributed by atoms with van der Waals surface area (Å²) in [6, 6.07) is 6.52. The van der Waals surface area contributed by atoms with Crippen molar-refractivity contribution in [3.05, 3.63) is 46.5 Å². The molecule has 1 atom stereocenters. The lowest BCUT2D eigenvalue weighted by Crippen LogP contribution is -2.41. The van der Waals surface area contributed by atoms with Crippen LogP contribution in [0.2, 0.25) is 0 Å². The number of fused-ring (bicyclic) bond motifs is 4. The molecule has 1 unspecified atom stereocenters. The number of hydrogen-bond donors (Lipinski definition) is 3. The Balaban J connectivity index is 0.00000240. The molecule has 2 aromatic rings. The number of ether oxygens (including phenoxy) is 2. The summed E-state index contributed by atoms with van der Waals surface area (Å²) in [5.74, 6) is -0.0466. The second-order valence-corrected chi connectivity index (χ2v) is 6.98. The second-order valence-electron chi connectivity index (χ2n) is 6.98. The van der Waals surface area contributed by atoms with Gasteiger partial charge in [0.05, 0.1) is 20.6 Å². The molecular formula is C21H22ClNO6. The summed E-state index contributed by atoms with van der Waals surface area (Å²) >= 11 is 0. The lowest BCUT2D eigenvalue weighted by molar-refractivity contribution is -0.138. The Bertz CT molecular complexity index is 1000. The highest BCUT2D eigenvalue weighted by Crippen LogP contribution is 2.46. The van der Waals surface area contributed by atoms with Crippen LogP contribution in [-0.2, 0) is 17.8 Å². The van der Waals surface area contributed by atoms with Crippen LogP contribution >= 0.6 is 12.4 Å². The summed E-state index contributed by atoms with van der Waals surface area (Å²) in [6.07, 6.45) is 2.37. The fourth-order valence-electron chi connectivity index (χ4n) is 4.12. The van der Waals surface area contributed by atoms with E-state index in [9.17, 15) is 20.1 Å². The van der Waals surface area contributed by atoms with Gasteiger partial charge in [0, 0.05) is 29.4 Å². The van der Waals surface area contributed by atoms with E-state index < -0.39 is 5.97 Å². The predicted molar refractivity (Wildman–Crippen MR) is 110 cm³/mol. The summed E-state index contributed by atoms with van der Waals surface area (Å²) in [6.45, 7) is 0.459. The van der Waals surface area contributed by atoms with Gasteiger partial charge in [-0.3, -0.25) is 4.79 Å². The van der Waals surface area contributed by atoms with Gasteiger partial charge >= 0.3 is 5.97 Å². The number of hydrogen-bond acceptors (Lipinski definition) is 6. The van der Waals surface area contributed by atoms with E-state index in [2.05, 4.69) is 0 Å². The molecule has 0 saturated heterocycles. The molecule has 154 valence electrons. The number of carboxylic acids is 1. The van der Waals surface area contributed by atoms with Crippen molar-refractivity contribution in [3.8, 4) is 23.0 Å². The molecule has 0 bridgehead atoms. The van der Waals surface area contributed by atoms with E-state index in [4.69, 9.17) is 9.47 Å². The van der Waals surface area contributed by atoms with E-state index >= 15 is 0 Å². The van der Waals surface area contributed by atoms with Gasteiger partial charge in [-0.05, 0) is 41.8 Å². The van der Waals surface area contributed by atoms with Crippen LogP contribution in [0.1, 0.15) is 28.7 Å². The van der Waals surface area contributed by atoms with Crippen LogP contribution in [0.15, 0.2) is 24.3 Å². The first-order valence-electron chi connectivity index (χ1n) is 8.92. The summed E-state index contributed by atoms with van der Waals surface area (Å²) in [5, 5.41) is 29.3. The van der Waals surface area contributed by atoms with E-state index in [1.807, 2.05) is 23.1 Å². The highest BCUT2D eigenvalue weighted by Gasteiger charge is 2.35. The molecule has 3 N–H and O–H groups in total. The molecule has 2 aliphatic heterocycles. The predicted octanol–water partition coefficient (Wildman–Crippen LogP) is 3.25. The number of benzene rings is 2. The summed E-state index contributed by atoms with van der Waals surface area (Å²) < 4.78 is 11.0. The van der Waals surface area contributed by atoms with E-state index in [-0.39, 0.29) is 36.4 Å². The van der Waals surface area contributed by atoms with Gasteiger partial charge in [0.25, 0.3) is 0 Å². The number of methoxy groups -OCH3 is 2. The van der Waals surface area contributed by atoms with E-state index in [0.717, 1.165) is 28.0 Å². The lowest BCUT2D eigenvalue weighted by Gasteiger charge is -2.43. The summed E-state index contributed by atoms with van der Waals surface area (Å²) in [5.41, 5.74) is 4.29. The summed E-state index contributed by atoms with van der Waals surface area (Å²) in [4.78, 5) is 13.5. The van der Waals surface area contributed by atoms with Crippen molar-refractivity contribution in [1.29, 1.82) is 0 Å². The number of carbonyl (C=O) groups is 1. The van der Waals surface area contributed by atoms with Crippen molar-refractivity contribution in [3.63, 3.8) is 0 Å². The molecule has 2 aliphatic rings. The Hall–Kier alpha value is -3.06. The first-order chi connectivity index (χ1) is 13.4. The third-order valence-electron chi connectivity index (χ3n) is 5.40. The molecule has 7 nitrogen and oxygen atoms in total. The highest BCUT2D eigenvalue weighted by molar-refractivity contribution is 5.88. The van der Waals surface area contributed by atoms with Crippen LogP contribution in [0.25, 0.3) is 11.8 Å². The summed E-state index contributed by atoms with van der Waals surface area (Å²) in [7, 11) is 3.16. The zero-order chi connectivity index (χ0) is 20.0. The van der Waals surface area contributed by atoms with Crippen LogP contribution in [0.5, 0.6) is 23.0 Å². The van der Waals surface area contributed by atoms with Gasteiger partial charge in [-0.25, -0.2) is 0 Å². The number of rotatable bonds is 4. The first-order valence-corrected chi connectivity index (χ1v) is 8.92. The van der Waals surface area contributed by atoms with Crippen molar-refractivity contribution in [2.75, 3.05) is 14.2 Å². The molecule has 0 saturated carbocycles. The minimum atomic E-state index is -0.890. The number of phenols is 2. The largest absolute Gasteiger partial charge is 0.504 e. The fraction of sp³-hybridized carbons (Fsp3) is 0.286. The van der Waals surface area contributed by atoms with Crippen LogP contribution in [0.3, 0.4) is 0 Å². The van der Waals surface area contributed by atoms with Gasteiger partial charge in [0.2, 0.25) is 0 Å². The minimum Gasteiger partial charge on any atom is -0.504 e. The zero-order valence-corrected chi connectivity index (χ0v) is 16.8. The monoisotopic (exact) mass is 419 g/mol. The Labute approximate surface area is 174 Å². The van der Waals surface area contributed by atoms with Gasteiger partial charge in [0.1, 0.15) is 0 Å². The molecule has 0 fully saturated rings. The van der Waals surface area contributed by atoms with Crippen molar-refractivity contribution in [2.45, 2.75) is 25.4 Å². The maximum absolute atomic E-state index is 11.5. The number of aromatic hydroxyl groups is 2. The van der Waals surface area contributed by atoms with Crippen molar-refractivity contribution in [1.82, 2.24) is 4.90 Å². The molecule has 0 aliphatic carbocycles. The average Bonchev–Trinajstić information content (AvgIpc) is 2.67. The van der Waals surface area contributed by atoms with E-state index in [1.165, 1.54) is 12.1 Å².